The topological polar surface area (TPSA) is 145 Å². The van der Waals surface area contributed by atoms with Gasteiger partial charge in [0.2, 0.25) is 6.10 Å². The van der Waals surface area contributed by atoms with Crippen molar-refractivity contribution in [3.8, 4) is 22.9 Å². The molecule has 0 saturated carbocycles. The summed E-state index contributed by atoms with van der Waals surface area (Å²) >= 11 is 3.30. The van der Waals surface area contributed by atoms with Gasteiger partial charge in [0.1, 0.15) is 50.7 Å². The minimum absolute atomic E-state index is 0. The summed E-state index contributed by atoms with van der Waals surface area (Å²) < 4.78 is 5.84. The molecule has 0 aliphatic carbocycles. The largest absolute Gasteiger partial charge is 0.506 e. The molecule has 2 unspecified atom stereocenters. The van der Waals surface area contributed by atoms with Gasteiger partial charge >= 0.3 is 5.97 Å². The summed E-state index contributed by atoms with van der Waals surface area (Å²) in [6.07, 6.45) is -1.12. The Morgan fingerprint density at radius 1 is 0.478 bits per heavy atom. The Morgan fingerprint density at radius 3 is 1.16 bits per heavy atom. The molecule has 0 amide bonds. The molecule has 6 aromatic carbocycles. The van der Waals surface area contributed by atoms with E-state index in [4.69, 9.17) is 4.74 Å². The number of aliphatic carboxylic acids is 1. The summed E-state index contributed by atoms with van der Waals surface area (Å²) in [4.78, 5) is 25.4. The van der Waals surface area contributed by atoms with Crippen LogP contribution >= 0.6 is 15.9 Å². The second-order valence-electron chi connectivity index (χ2n) is 11.5. The number of aromatic nitrogens is 6. The summed E-state index contributed by atoms with van der Waals surface area (Å²) in [5, 5.41) is 36.8. The van der Waals surface area contributed by atoms with Crippen molar-refractivity contribution < 1.29 is 24.5 Å². The molecule has 11 nitrogen and oxygen atoms in total. The van der Waals surface area contributed by atoms with E-state index in [2.05, 4.69) is 36.3 Å². The van der Waals surface area contributed by atoms with E-state index < -0.39 is 12.1 Å². The lowest BCUT2D eigenvalue weighted by atomic mass is 10.1. The predicted octanol–water partition coefficient (Wildman–Crippen LogP) is 15.9. The highest BCUT2D eigenvalue weighted by molar-refractivity contribution is 9.09. The fourth-order valence-electron chi connectivity index (χ4n) is 5.16. The van der Waals surface area contributed by atoms with Crippen molar-refractivity contribution >= 4 is 49.7 Å². The highest BCUT2D eigenvalue weighted by Crippen LogP contribution is 2.29. The summed E-state index contributed by atoms with van der Waals surface area (Å²) in [7, 11) is 0. The van der Waals surface area contributed by atoms with Crippen LogP contribution in [0.3, 0.4) is 0 Å². The fourth-order valence-corrected chi connectivity index (χ4v) is 5.47. The molecule has 2 N–H and O–H groups in total. The van der Waals surface area contributed by atoms with Crippen LogP contribution < -0.4 is 4.74 Å². The number of phenols is 1. The number of carbonyl (C=O) groups is 2. The molecule has 2 atom stereocenters. The first-order valence-electron chi connectivity index (χ1n) is 22.4. The summed E-state index contributed by atoms with van der Waals surface area (Å²) in [5.74, 6) is -0.368. The maximum absolute atomic E-state index is 11.7. The van der Waals surface area contributed by atoms with E-state index in [0.717, 1.165) is 27.6 Å². The van der Waals surface area contributed by atoms with Crippen LogP contribution in [0.2, 0.25) is 0 Å². The molecule has 0 bridgehead atoms. The number of Topliss-reactive ketones (excluding diaryl/α,β-unsaturated/α-hetero) is 1. The highest BCUT2D eigenvalue weighted by Gasteiger charge is 2.23. The second-order valence-corrected chi connectivity index (χ2v) is 12.5. The lowest BCUT2D eigenvalue weighted by Gasteiger charge is -2.17. The van der Waals surface area contributed by atoms with Crippen LogP contribution in [-0.2, 0) is 9.59 Å². The standard InChI is InChI=1S/C20H15N3O3.C12H9N3O.C9H9BrO.6C2H6.2CH4/c24-20(25)19(14-8-2-1-3-9-14)26-18-13-7-6-12-17(18)23-21-15-10-4-5-11-16(15)22-23;16-12-8-4-3-7-11(12)15-13-9-5-1-2-6-10(9)14-15;1-7(11)9(10)8-5-3-2-4-6-8;6*1-2;;/h1-13,19H,(H,24,25);1-8,16H;2-6,9H,1H3;6*1-2H3;2*1H4. The van der Waals surface area contributed by atoms with E-state index in [0.29, 0.717) is 22.7 Å². The Morgan fingerprint density at radius 2 is 0.791 bits per heavy atom. The molecule has 8 rings (SSSR count). The van der Waals surface area contributed by atoms with Crippen molar-refractivity contribution in [3.05, 3.63) is 169 Å². The van der Waals surface area contributed by atoms with Gasteiger partial charge in [0.25, 0.3) is 0 Å². The third-order valence-corrected chi connectivity index (χ3v) is 8.95. The van der Waals surface area contributed by atoms with Crippen LogP contribution in [-0.4, -0.2) is 52.0 Å². The third-order valence-electron chi connectivity index (χ3n) is 7.77. The Kier molecular flexibility index (Phi) is 37.2. The van der Waals surface area contributed by atoms with E-state index in [-0.39, 0.29) is 31.2 Å². The Labute approximate surface area is 410 Å². The molecule has 67 heavy (non-hydrogen) atoms. The number of para-hydroxylation sites is 4. The van der Waals surface area contributed by atoms with Gasteiger partial charge in [-0.25, -0.2) is 4.79 Å². The van der Waals surface area contributed by atoms with E-state index in [1.807, 2.05) is 180 Å². The quantitative estimate of drug-likeness (QED) is 0.142. The number of fused-ring (bicyclic) bond motifs is 2. The minimum Gasteiger partial charge on any atom is -0.506 e. The molecule has 2 heterocycles. The van der Waals surface area contributed by atoms with Gasteiger partial charge in [0.05, 0.1) is 4.83 Å². The molecule has 8 aromatic rings. The van der Waals surface area contributed by atoms with E-state index in [1.54, 1.807) is 67.6 Å². The maximum atomic E-state index is 11.7. The van der Waals surface area contributed by atoms with Gasteiger partial charge in [0.15, 0.2) is 0 Å². The molecule has 0 radical (unpaired) electrons. The fraction of sp³-hybridized carbons (Fsp3) is 0.309. The molecule has 12 heteroatoms. The van der Waals surface area contributed by atoms with Gasteiger partial charge in [-0.3, -0.25) is 4.79 Å². The van der Waals surface area contributed by atoms with Crippen LogP contribution in [0.1, 0.15) is 127 Å². The number of hydrogen-bond acceptors (Lipinski definition) is 8. The first-order valence-corrected chi connectivity index (χ1v) is 23.4. The van der Waals surface area contributed by atoms with Crippen LogP contribution in [0.25, 0.3) is 33.4 Å². The van der Waals surface area contributed by atoms with E-state index >= 15 is 0 Å². The molecule has 0 aliphatic heterocycles. The number of ketones is 1. The zero-order chi connectivity index (χ0) is 49.2. The molecular weight excluding hydrogens is 905 g/mol. The molecule has 364 valence electrons. The number of phenolic OH excluding ortho intramolecular Hbond substituents is 1. The normalized spacial score (nSPS) is 9.82. The summed E-state index contributed by atoms with van der Waals surface area (Å²) in [6.45, 7) is 25.6. The highest BCUT2D eigenvalue weighted by atomic mass is 79.9. The van der Waals surface area contributed by atoms with Gasteiger partial charge in [0, 0.05) is 5.56 Å². The van der Waals surface area contributed by atoms with Crippen molar-refractivity contribution in [1.29, 1.82) is 0 Å². The van der Waals surface area contributed by atoms with Gasteiger partial charge in [-0.2, -0.15) is 0 Å². The number of alkyl halides is 1. The maximum Gasteiger partial charge on any atom is 0.349 e. The monoisotopic (exact) mass is 981 g/mol. The average molecular weight is 982 g/mol. The molecule has 0 saturated heterocycles. The number of halogens is 1. The average Bonchev–Trinajstić information content (AvgIpc) is 4.03. The first kappa shape index (κ1) is 64.6. The Balaban J connectivity index is -0.000000863. The number of carboxylic acids is 1. The minimum atomic E-state index is -1.12. The zero-order valence-electron chi connectivity index (χ0n) is 40.3. The van der Waals surface area contributed by atoms with Crippen LogP contribution in [0, 0.1) is 0 Å². The number of nitrogens with zero attached hydrogens (tertiary/aromatic N) is 6. The third kappa shape index (κ3) is 20.6. The number of carbonyl (C=O) groups excluding carboxylic acids is 1. The van der Waals surface area contributed by atoms with Gasteiger partial charge < -0.3 is 14.9 Å². The number of hydrogen-bond donors (Lipinski definition) is 2. The Hall–Kier alpha value is -6.66. The van der Waals surface area contributed by atoms with Gasteiger partial charge in [-0.05, 0) is 61.0 Å². The second kappa shape index (κ2) is 38.6. The van der Waals surface area contributed by atoms with Crippen molar-refractivity contribution in [1.82, 2.24) is 30.0 Å². The van der Waals surface area contributed by atoms with Crippen molar-refractivity contribution in [2.45, 2.75) is 116 Å². The molecular formula is C55H77BrN6O5. The zero-order valence-corrected chi connectivity index (χ0v) is 41.9. The van der Waals surface area contributed by atoms with Crippen molar-refractivity contribution in [3.63, 3.8) is 0 Å². The van der Waals surface area contributed by atoms with Crippen LogP contribution in [0.5, 0.6) is 11.5 Å². The summed E-state index contributed by atoms with van der Waals surface area (Å²) in [6, 6.07) is 47.7. The number of carboxylic acid groups (broad SMARTS) is 1. The number of rotatable bonds is 8. The van der Waals surface area contributed by atoms with E-state index in [9.17, 15) is 19.8 Å². The van der Waals surface area contributed by atoms with Crippen LogP contribution in [0.15, 0.2) is 158 Å². The smallest absolute Gasteiger partial charge is 0.349 e. The predicted molar refractivity (Wildman–Crippen MR) is 287 cm³/mol. The summed E-state index contributed by atoms with van der Waals surface area (Å²) in [5.41, 5.74) is 5.86. The van der Waals surface area contributed by atoms with Crippen molar-refractivity contribution in [2.75, 3.05) is 0 Å². The Bertz CT molecular complexity index is 2390. The van der Waals surface area contributed by atoms with Gasteiger partial charge in [-0.1, -0.05) is 223 Å². The van der Waals surface area contributed by atoms with E-state index in [1.165, 1.54) is 9.59 Å². The molecule has 0 spiro atoms. The number of ether oxygens (including phenoxy) is 1. The van der Waals surface area contributed by atoms with Crippen molar-refractivity contribution in [2.24, 2.45) is 0 Å². The lowest BCUT2D eigenvalue weighted by Crippen LogP contribution is -2.19. The number of aromatic hydroxyl groups is 1. The first-order chi connectivity index (χ1) is 31.8. The molecule has 2 aromatic heterocycles. The SMILES string of the molecule is C.C.CC.CC.CC.CC.CC.CC.CC(=O)C(Br)c1ccccc1.O=C(O)C(Oc1ccccc1-n1nc2ccccc2n1)c1ccccc1.Oc1ccccc1-n1nc2ccccc2n1. The molecule has 0 fully saturated rings. The van der Waals surface area contributed by atoms with Gasteiger partial charge in [-0.15, -0.1) is 30.0 Å². The lowest BCUT2D eigenvalue weighted by molar-refractivity contribution is -0.145. The van der Waals surface area contributed by atoms with Crippen LogP contribution in [0.4, 0.5) is 0 Å². The molecule has 0 aliphatic rings. The number of benzene rings is 6.